The smallest absolute Gasteiger partial charge is 0.335 e. The number of aromatic nitrogens is 3. The molecule has 0 aliphatic rings. The van der Waals surface area contributed by atoms with Gasteiger partial charge >= 0.3 is 5.97 Å². The average Bonchev–Trinajstić information content (AvgIpc) is 3.41. The lowest BCUT2D eigenvalue weighted by atomic mass is 9.96. The number of para-hydroxylation sites is 1. The van der Waals surface area contributed by atoms with Crippen molar-refractivity contribution in [2.45, 2.75) is 26.7 Å². The van der Waals surface area contributed by atoms with E-state index in [1.807, 2.05) is 54.1 Å². The van der Waals surface area contributed by atoms with Gasteiger partial charge in [0.2, 0.25) is 0 Å². The highest BCUT2D eigenvalue weighted by Gasteiger charge is 2.18. The van der Waals surface area contributed by atoms with Crippen LogP contribution in [0.25, 0.3) is 28.0 Å². The molecule has 0 atom stereocenters. The molecule has 0 saturated heterocycles. The van der Waals surface area contributed by atoms with Crippen LogP contribution in [0, 0.1) is 6.92 Å². The van der Waals surface area contributed by atoms with Crippen molar-refractivity contribution in [1.29, 1.82) is 0 Å². The summed E-state index contributed by atoms with van der Waals surface area (Å²) in [6, 6.07) is 21.5. The van der Waals surface area contributed by atoms with Crippen LogP contribution < -0.4 is 10.3 Å². The Morgan fingerprint density at radius 1 is 1.05 bits per heavy atom. The summed E-state index contributed by atoms with van der Waals surface area (Å²) in [5.74, 6) is 0.428. The predicted octanol–water partition coefficient (Wildman–Crippen LogP) is 5.88. The Morgan fingerprint density at radius 2 is 1.79 bits per heavy atom. The summed E-state index contributed by atoms with van der Waals surface area (Å²) in [4.78, 5) is 29.8. The molecule has 5 aromatic rings. The third-order valence-electron chi connectivity index (χ3n) is 6.67. The van der Waals surface area contributed by atoms with Crippen LogP contribution in [0.4, 0.5) is 0 Å². The number of benzene rings is 3. The summed E-state index contributed by atoms with van der Waals surface area (Å²) in [5.41, 5.74) is 4.69. The van der Waals surface area contributed by atoms with Gasteiger partial charge < -0.3 is 14.4 Å². The molecule has 0 aliphatic carbocycles. The van der Waals surface area contributed by atoms with E-state index in [1.54, 1.807) is 49.7 Å². The Hall–Kier alpha value is -4.98. The van der Waals surface area contributed by atoms with E-state index in [0.717, 1.165) is 28.1 Å². The molecular formula is C31H28N4O4. The van der Waals surface area contributed by atoms with Gasteiger partial charge in [-0.2, -0.15) is 9.78 Å². The van der Waals surface area contributed by atoms with Crippen LogP contribution in [0.5, 0.6) is 5.75 Å². The van der Waals surface area contributed by atoms with Crippen LogP contribution in [0.15, 0.2) is 88.9 Å². The van der Waals surface area contributed by atoms with Gasteiger partial charge in [0.05, 0.1) is 35.5 Å². The molecule has 5 rings (SSSR count). The van der Waals surface area contributed by atoms with E-state index in [-0.39, 0.29) is 17.0 Å². The molecule has 0 bridgehead atoms. The maximum Gasteiger partial charge on any atom is 0.335 e. The van der Waals surface area contributed by atoms with Gasteiger partial charge in [0, 0.05) is 17.4 Å². The Bertz CT molecular complexity index is 1780. The maximum absolute atomic E-state index is 13.7. The fourth-order valence-corrected chi connectivity index (χ4v) is 4.59. The van der Waals surface area contributed by atoms with Crippen molar-refractivity contribution < 1.29 is 14.6 Å². The number of hydrogen-bond acceptors (Lipinski definition) is 5. The highest BCUT2D eigenvalue weighted by Crippen LogP contribution is 2.34. The van der Waals surface area contributed by atoms with Crippen LogP contribution in [0.1, 0.15) is 46.9 Å². The van der Waals surface area contributed by atoms with E-state index in [9.17, 15) is 14.7 Å². The van der Waals surface area contributed by atoms with Crippen LogP contribution >= 0.6 is 0 Å². The number of nitrogens with zero attached hydrogens (tertiary/aromatic N) is 4. The monoisotopic (exact) mass is 520 g/mol. The largest absolute Gasteiger partial charge is 0.496 e. The summed E-state index contributed by atoms with van der Waals surface area (Å²) in [6.07, 6.45) is 3.46. The van der Waals surface area contributed by atoms with E-state index in [0.29, 0.717) is 22.4 Å². The first-order chi connectivity index (χ1) is 18.8. The SMILES string of the molecule is COc1cc(C)c(-c2nc3ccccc3c(=O)n2N=Cc2cccn2-c2ccc(C(=O)O)cc2)cc1C(C)C. The molecule has 2 heterocycles. The first-order valence-corrected chi connectivity index (χ1v) is 12.5. The van der Waals surface area contributed by atoms with Gasteiger partial charge in [-0.1, -0.05) is 26.0 Å². The molecule has 0 unspecified atom stereocenters. The second kappa shape index (κ2) is 10.4. The number of aromatic carboxylic acids is 1. The number of carboxylic acid groups (broad SMARTS) is 1. The second-order valence-corrected chi connectivity index (χ2v) is 9.53. The maximum atomic E-state index is 13.7. The third-order valence-corrected chi connectivity index (χ3v) is 6.67. The van der Waals surface area contributed by atoms with Crippen molar-refractivity contribution in [3.63, 3.8) is 0 Å². The quantitative estimate of drug-likeness (QED) is 0.271. The summed E-state index contributed by atoms with van der Waals surface area (Å²) < 4.78 is 8.83. The van der Waals surface area contributed by atoms with Gasteiger partial charge in [0.25, 0.3) is 5.56 Å². The van der Waals surface area contributed by atoms with Crippen LogP contribution in [-0.2, 0) is 0 Å². The lowest BCUT2D eigenvalue weighted by Gasteiger charge is -2.17. The lowest BCUT2D eigenvalue weighted by molar-refractivity contribution is 0.0697. The zero-order valence-corrected chi connectivity index (χ0v) is 22.1. The van der Waals surface area contributed by atoms with E-state index in [2.05, 4.69) is 18.9 Å². The minimum absolute atomic E-state index is 0.194. The van der Waals surface area contributed by atoms with Gasteiger partial charge in [0.1, 0.15) is 5.75 Å². The fourth-order valence-electron chi connectivity index (χ4n) is 4.59. The van der Waals surface area contributed by atoms with Gasteiger partial charge in [-0.3, -0.25) is 4.79 Å². The summed E-state index contributed by atoms with van der Waals surface area (Å²) >= 11 is 0. The summed E-state index contributed by atoms with van der Waals surface area (Å²) in [5, 5.41) is 14.3. The van der Waals surface area contributed by atoms with Crippen molar-refractivity contribution in [2.75, 3.05) is 7.11 Å². The predicted molar refractivity (Wildman–Crippen MR) is 153 cm³/mol. The molecule has 0 amide bonds. The number of methoxy groups -OCH3 is 1. The fraction of sp³-hybridized carbons (Fsp3) is 0.161. The molecule has 8 nitrogen and oxygen atoms in total. The molecule has 0 aliphatic heterocycles. The molecule has 0 spiro atoms. The summed E-state index contributed by atoms with van der Waals surface area (Å²) in [7, 11) is 1.65. The second-order valence-electron chi connectivity index (χ2n) is 9.53. The molecule has 0 radical (unpaired) electrons. The van der Waals surface area contributed by atoms with E-state index in [1.165, 1.54) is 4.68 Å². The van der Waals surface area contributed by atoms with Gasteiger partial charge in [-0.15, -0.1) is 0 Å². The molecule has 196 valence electrons. The van der Waals surface area contributed by atoms with Crippen molar-refractivity contribution in [3.05, 3.63) is 112 Å². The first kappa shape index (κ1) is 25.7. The molecule has 0 fully saturated rings. The van der Waals surface area contributed by atoms with Crippen LogP contribution in [-0.4, -0.2) is 38.6 Å². The molecule has 1 N–H and O–H groups in total. The third kappa shape index (κ3) is 4.84. The highest BCUT2D eigenvalue weighted by molar-refractivity contribution is 5.88. The molecule has 0 saturated carbocycles. The Labute approximate surface area is 225 Å². The van der Waals surface area contributed by atoms with E-state index >= 15 is 0 Å². The molecule has 3 aromatic carbocycles. The number of aryl methyl sites for hydroxylation is 1. The van der Waals surface area contributed by atoms with E-state index < -0.39 is 5.97 Å². The number of rotatable bonds is 7. The molecule has 8 heteroatoms. The topological polar surface area (TPSA) is 98.7 Å². The minimum atomic E-state index is -0.985. The zero-order valence-electron chi connectivity index (χ0n) is 22.1. The van der Waals surface area contributed by atoms with Crippen LogP contribution in [0.2, 0.25) is 0 Å². The number of hydrogen-bond donors (Lipinski definition) is 1. The standard InChI is InChI=1S/C31H28N4O4/c1-19(2)25-17-26(20(3)16-28(25)39-4)29-33-27-10-6-5-9-24(27)30(36)35(29)32-18-23-8-7-15-34(23)22-13-11-21(12-14-22)31(37)38/h5-19H,1-4H3,(H,37,38). The number of fused-ring (bicyclic) bond motifs is 1. The van der Waals surface area contributed by atoms with Crippen molar-refractivity contribution >= 4 is 23.1 Å². The van der Waals surface area contributed by atoms with Gasteiger partial charge in [-0.05, 0) is 84.6 Å². The lowest BCUT2D eigenvalue weighted by Crippen LogP contribution is -2.21. The first-order valence-electron chi connectivity index (χ1n) is 12.5. The van der Waals surface area contributed by atoms with Crippen molar-refractivity contribution in [2.24, 2.45) is 5.10 Å². The highest BCUT2D eigenvalue weighted by atomic mass is 16.5. The molecular weight excluding hydrogens is 492 g/mol. The molecule has 39 heavy (non-hydrogen) atoms. The summed E-state index contributed by atoms with van der Waals surface area (Å²) in [6.45, 7) is 6.14. The molecule has 2 aromatic heterocycles. The zero-order chi connectivity index (χ0) is 27.7. The Morgan fingerprint density at radius 3 is 2.49 bits per heavy atom. The number of ether oxygens (including phenoxy) is 1. The van der Waals surface area contributed by atoms with Crippen molar-refractivity contribution in [3.8, 4) is 22.8 Å². The number of carbonyl (C=O) groups is 1. The average molecular weight is 521 g/mol. The number of carboxylic acids is 1. The van der Waals surface area contributed by atoms with Gasteiger partial charge in [-0.25, -0.2) is 9.78 Å². The van der Waals surface area contributed by atoms with Crippen LogP contribution in [0.3, 0.4) is 0 Å². The normalized spacial score (nSPS) is 11.5. The van der Waals surface area contributed by atoms with Gasteiger partial charge in [0.15, 0.2) is 5.82 Å². The minimum Gasteiger partial charge on any atom is -0.496 e. The Balaban J connectivity index is 1.67. The van der Waals surface area contributed by atoms with E-state index in [4.69, 9.17) is 9.72 Å². The Kier molecular flexibility index (Phi) is 6.85. The van der Waals surface area contributed by atoms with Crippen molar-refractivity contribution in [1.82, 2.24) is 14.2 Å².